The smallest absolute Gasteiger partial charge is 0.235 e. The molecule has 3 aromatic rings. The zero-order valence-corrected chi connectivity index (χ0v) is 13.4. The van der Waals surface area contributed by atoms with Gasteiger partial charge in [-0.25, -0.2) is 9.97 Å². The van der Waals surface area contributed by atoms with E-state index in [1.54, 1.807) is 6.20 Å². The molecule has 0 spiro atoms. The average Bonchev–Trinajstić information content (AvgIpc) is 3.39. The minimum atomic E-state index is 0.446. The van der Waals surface area contributed by atoms with Gasteiger partial charge in [0, 0.05) is 23.9 Å². The fourth-order valence-electron chi connectivity index (χ4n) is 2.38. The molecule has 1 fully saturated rings. The van der Waals surface area contributed by atoms with Crippen LogP contribution in [0, 0.1) is 0 Å². The zero-order chi connectivity index (χ0) is 16.4. The molecule has 1 saturated carbocycles. The summed E-state index contributed by atoms with van der Waals surface area (Å²) in [4.78, 5) is 13.4. The Morgan fingerprint density at radius 1 is 1.21 bits per heavy atom. The van der Waals surface area contributed by atoms with Crippen LogP contribution < -0.4 is 5.32 Å². The van der Waals surface area contributed by atoms with E-state index >= 15 is 0 Å². The molecule has 0 radical (unpaired) electrons. The maximum Gasteiger partial charge on any atom is 0.235 e. The predicted octanol–water partition coefficient (Wildman–Crippen LogP) is 2.97. The molecule has 0 unspecified atom stereocenters. The van der Waals surface area contributed by atoms with Crippen LogP contribution >= 0.6 is 0 Å². The van der Waals surface area contributed by atoms with Crippen molar-refractivity contribution < 1.29 is 4.42 Å². The van der Waals surface area contributed by atoms with Gasteiger partial charge in [0.05, 0.1) is 6.54 Å². The Labute approximate surface area is 139 Å². The number of hydrogen-bond acceptors (Lipinski definition) is 7. The van der Waals surface area contributed by atoms with Crippen LogP contribution in [0.15, 0.2) is 34.9 Å². The first-order valence-electron chi connectivity index (χ1n) is 8.17. The van der Waals surface area contributed by atoms with E-state index in [4.69, 9.17) is 4.42 Å². The van der Waals surface area contributed by atoms with Crippen LogP contribution in [-0.4, -0.2) is 25.1 Å². The molecule has 0 aliphatic heterocycles. The Morgan fingerprint density at radius 2 is 2.12 bits per heavy atom. The van der Waals surface area contributed by atoms with E-state index < -0.39 is 0 Å². The van der Waals surface area contributed by atoms with Gasteiger partial charge in [0.2, 0.25) is 11.8 Å². The molecule has 3 aromatic heterocycles. The molecule has 1 N–H and O–H groups in total. The second-order valence-electron chi connectivity index (χ2n) is 5.80. The van der Waals surface area contributed by atoms with Crippen molar-refractivity contribution in [3.05, 3.63) is 47.9 Å². The Balaban J connectivity index is 1.53. The lowest BCUT2D eigenvalue weighted by molar-refractivity contribution is 0.457. The first-order valence-corrected chi connectivity index (χ1v) is 8.17. The number of rotatable bonds is 6. The molecule has 0 saturated heterocycles. The summed E-state index contributed by atoms with van der Waals surface area (Å²) in [6.07, 6.45) is 4.86. The normalized spacial score (nSPS) is 13.9. The van der Waals surface area contributed by atoms with Gasteiger partial charge in [0.1, 0.15) is 11.5 Å². The molecule has 3 heterocycles. The third kappa shape index (κ3) is 3.24. The minimum Gasteiger partial charge on any atom is -0.423 e. The summed E-state index contributed by atoms with van der Waals surface area (Å²) in [5.74, 6) is 3.13. The Hall–Kier alpha value is -2.83. The highest BCUT2D eigenvalue weighted by Gasteiger charge is 2.29. The standard InChI is InChI=1S/C17H18N6O/c1-2-12-9-14(21-16(20-12)13-5-3-4-8-18-13)19-10-15-22-23-17(24-15)11-6-7-11/h3-5,8-9,11H,2,6-7,10H2,1H3,(H,19,20,21). The predicted molar refractivity (Wildman–Crippen MR) is 88.2 cm³/mol. The summed E-state index contributed by atoms with van der Waals surface area (Å²) in [5, 5.41) is 11.4. The van der Waals surface area contributed by atoms with Gasteiger partial charge >= 0.3 is 0 Å². The Morgan fingerprint density at radius 3 is 2.88 bits per heavy atom. The van der Waals surface area contributed by atoms with Crippen LogP contribution in [0.25, 0.3) is 11.5 Å². The summed E-state index contributed by atoms with van der Waals surface area (Å²) in [6.45, 7) is 2.51. The van der Waals surface area contributed by atoms with Crippen LogP contribution in [0.2, 0.25) is 0 Å². The van der Waals surface area contributed by atoms with E-state index in [2.05, 4.69) is 37.4 Å². The quantitative estimate of drug-likeness (QED) is 0.746. The van der Waals surface area contributed by atoms with Gasteiger partial charge in [0.15, 0.2) is 5.82 Å². The van der Waals surface area contributed by atoms with Gasteiger partial charge < -0.3 is 9.73 Å². The Bertz CT molecular complexity index is 828. The molecule has 7 heteroatoms. The average molecular weight is 322 g/mol. The number of anilines is 1. The second kappa shape index (κ2) is 6.35. The molecule has 0 atom stereocenters. The number of aryl methyl sites for hydroxylation is 1. The third-order valence-electron chi connectivity index (χ3n) is 3.87. The van der Waals surface area contributed by atoms with Crippen molar-refractivity contribution in [2.75, 3.05) is 5.32 Å². The Kier molecular flexibility index (Phi) is 3.90. The fourth-order valence-corrected chi connectivity index (χ4v) is 2.38. The SMILES string of the molecule is CCc1cc(NCc2nnc(C3CC3)o2)nc(-c2ccccn2)n1. The highest BCUT2D eigenvalue weighted by atomic mass is 16.4. The number of aromatic nitrogens is 5. The number of nitrogens with zero attached hydrogens (tertiary/aromatic N) is 5. The number of pyridine rings is 1. The summed E-state index contributed by atoms with van der Waals surface area (Å²) in [5.41, 5.74) is 1.71. The largest absolute Gasteiger partial charge is 0.423 e. The van der Waals surface area contributed by atoms with Crippen LogP contribution in [-0.2, 0) is 13.0 Å². The van der Waals surface area contributed by atoms with E-state index in [1.165, 1.54) is 0 Å². The summed E-state index contributed by atoms with van der Waals surface area (Å²) >= 11 is 0. The first-order chi connectivity index (χ1) is 11.8. The van der Waals surface area contributed by atoms with E-state index in [-0.39, 0.29) is 0 Å². The first kappa shape index (κ1) is 14.7. The lowest BCUT2D eigenvalue weighted by Gasteiger charge is -2.07. The van der Waals surface area contributed by atoms with Crippen LogP contribution in [0.5, 0.6) is 0 Å². The maximum atomic E-state index is 5.66. The van der Waals surface area contributed by atoms with E-state index in [0.717, 1.165) is 42.4 Å². The molecule has 7 nitrogen and oxygen atoms in total. The molecular weight excluding hydrogens is 304 g/mol. The molecule has 1 aliphatic rings. The molecule has 24 heavy (non-hydrogen) atoms. The van der Waals surface area contributed by atoms with Gasteiger partial charge in [-0.15, -0.1) is 10.2 Å². The van der Waals surface area contributed by atoms with Crippen molar-refractivity contribution in [2.45, 2.75) is 38.6 Å². The van der Waals surface area contributed by atoms with Crippen LogP contribution in [0.1, 0.15) is 43.2 Å². The van der Waals surface area contributed by atoms with Crippen LogP contribution in [0.4, 0.5) is 5.82 Å². The monoisotopic (exact) mass is 322 g/mol. The van der Waals surface area contributed by atoms with Crippen molar-refractivity contribution in [1.82, 2.24) is 25.1 Å². The van der Waals surface area contributed by atoms with Crippen molar-refractivity contribution in [3.63, 3.8) is 0 Å². The van der Waals surface area contributed by atoms with Crippen molar-refractivity contribution >= 4 is 5.82 Å². The van der Waals surface area contributed by atoms with Gasteiger partial charge in [-0.1, -0.05) is 13.0 Å². The lowest BCUT2D eigenvalue weighted by Crippen LogP contribution is -2.05. The zero-order valence-electron chi connectivity index (χ0n) is 13.4. The van der Waals surface area contributed by atoms with E-state index in [9.17, 15) is 0 Å². The lowest BCUT2D eigenvalue weighted by atomic mass is 10.3. The van der Waals surface area contributed by atoms with Gasteiger partial charge in [0.25, 0.3) is 0 Å². The molecule has 1 aliphatic carbocycles. The van der Waals surface area contributed by atoms with Crippen molar-refractivity contribution in [2.24, 2.45) is 0 Å². The summed E-state index contributed by atoms with van der Waals surface area (Å²) in [6, 6.07) is 7.64. The molecular formula is C17H18N6O. The van der Waals surface area contributed by atoms with Gasteiger partial charge in [-0.2, -0.15) is 0 Å². The second-order valence-corrected chi connectivity index (χ2v) is 5.80. The van der Waals surface area contributed by atoms with E-state index in [0.29, 0.717) is 24.2 Å². The fraction of sp³-hybridized carbons (Fsp3) is 0.353. The van der Waals surface area contributed by atoms with Crippen LogP contribution in [0.3, 0.4) is 0 Å². The molecule has 0 aromatic carbocycles. The highest BCUT2D eigenvalue weighted by Crippen LogP contribution is 2.39. The van der Waals surface area contributed by atoms with Crippen molar-refractivity contribution in [1.29, 1.82) is 0 Å². The number of hydrogen-bond donors (Lipinski definition) is 1. The highest BCUT2D eigenvalue weighted by molar-refractivity contribution is 5.52. The number of nitrogens with one attached hydrogen (secondary N) is 1. The van der Waals surface area contributed by atoms with Crippen molar-refractivity contribution in [3.8, 4) is 11.5 Å². The summed E-state index contributed by atoms with van der Waals surface area (Å²) < 4.78 is 5.66. The topological polar surface area (TPSA) is 89.6 Å². The third-order valence-corrected chi connectivity index (χ3v) is 3.87. The molecule has 0 amide bonds. The van der Waals surface area contributed by atoms with E-state index in [1.807, 2.05) is 24.3 Å². The molecule has 4 rings (SSSR count). The maximum absolute atomic E-state index is 5.66. The van der Waals surface area contributed by atoms with Gasteiger partial charge in [-0.05, 0) is 31.4 Å². The van der Waals surface area contributed by atoms with Gasteiger partial charge in [-0.3, -0.25) is 4.98 Å². The molecule has 0 bridgehead atoms. The molecule has 122 valence electrons. The summed E-state index contributed by atoms with van der Waals surface area (Å²) in [7, 11) is 0. The minimum absolute atomic E-state index is 0.446.